The molecule has 2 aliphatic rings. The van der Waals surface area contributed by atoms with E-state index in [-0.39, 0.29) is 28.9 Å². The maximum absolute atomic E-state index is 15.2. The van der Waals surface area contributed by atoms with Crippen molar-refractivity contribution in [1.82, 2.24) is 4.90 Å². The number of nitrogens with zero attached hydrogens (tertiary/aromatic N) is 3. The Kier molecular flexibility index (Phi) is 5.86. The zero-order valence-electron chi connectivity index (χ0n) is 21.9. The van der Waals surface area contributed by atoms with Crippen LogP contribution in [0.3, 0.4) is 0 Å². The molecule has 0 N–H and O–H groups in total. The smallest absolute Gasteiger partial charge is 0.336 e. The Morgan fingerprint density at radius 2 is 1.36 bits per heavy atom. The first kappa shape index (κ1) is 25.3. The molecule has 5 aromatic rings. The van der Waals surface area contributed by atoms with E-state index in [1.165, 1.54) is 29.2 Å². The van der Waals surface area contributed by atoms with Gasteiger partial charge in [-0.05, 0) is 54.1 Å². The first-order valence-corrected chi connectivity index (χ1v) is 13.1. The summed E-state index contributed by atoms with van der Waals surface area (Å²) in [5.41, 5.74) is 2.10. The number of carbonyl (C=O) groups excluding carboxylic acids is 3. The summed E-state index contributed by atoms with van der Waals surface area (Å²) in [6.45, 7) is 0.0324. The van der Waals surface area contributed by atoms with Gasteiger partial charge in [-0.15, -0.1) is 0 Å². The summed E-state index contributed by atoms with van der Waals surface area (Å²) in [5.74, 6) is -2.51. The molecular weight excluding hydrogens is 537 g/mol. The van der Waals surface area contributed by atoms with Gasteiger partial charge in [0.15, 0.2) is 0 Å². The third-order valence-corrected chi connectivity index (χ3v) is 7.41. The number of hydrogen-bond donors (Lipinski definition) is 0. The molecule has 0 saturated carbocycles. The Hall–Kier alpha value is -5.70. The normalized spacial score (nSPS) is 16.4. The molecule has 0 aliphatic carbocycles. The highest BCUT2D eigenvalue weighted by molar-refractivity contribution is 6.25. The van der Waals surface area contributed by atoms with Crippen LogP contribution in [0.4, 0.5) is 10.1 Å². The van der Waals surface area contributed by atoms with Crippen LogP contribution in [-0.4, -0.2) is 34.5 Å². The van der Waals surface area contributed by atoms with Gasteiger partial charge in [-0.3, -0.25) is 14.4 Å². The van der Waals surface area contributed by atoms with E-state index >= 15 is 4.39 Å². The third-order valence-electron chi connectivity index (χ3n) is 7.41. The topological polar surface area (TPSA) is 100 Å². The maximum Gasteiger partial charge on any atom is 0.336 e. The Labute approximate surface area is 237 Å². The van der Waals surface area contributed by atoms with Gasteiger partial charge in [-0.1, -0.05) is 48.5 Å². The van der Waals surface area contributed by atoms with Crippen molar-refractivity contribution in [3.8, 4) is 0 Å². The van der Waals surface area contributed by atoms with Crippen LogP contribution in [0.1, 0.15) is 37.4 Å². The number of imide groups is 1. The molecule has 1 unspecified atom stereocenters. The molecule has 0 spiro atoms. The number of halogens is 1. The number of benzene rings is 4. The second-order valence-electron chi connectivity index (χ2n) is 9.93. The summed E-state index contributed by atoms with van der Waals surface area (Å²) in [6, 6.07) is 27.4. The average Bonchev–Trinajstić information content (AvgIpc) is 3.19. The fraction of sp³-hybridized carbons (Fsp3) is 0.0606. The number of fused-ring (bicyclic) bond motifs is 3. The summed E-state index contributed by atoms with van der Waals surface area (Å²) < 4.78 is 20.5. The van der Waals surface area contributed by atoms with Crippen molar-refractivity contribution >= 4 is 40.1 Å². The Balaban J connectivity index is 1.41. The van der Waals surface area contributed by atoms with E-state index in [0.717, 1.165) is 4.90 Å². The number of rotatable bonds is 4. The molecule has 0 saturated heterocycles. The van der Waals surface area contributed by atoms with Gasteiger partial charge >= 0.3 is 5.63 Å². The zero-order valence-corrected chi connectivity index (χ0v) is 21.9. The first-order valence-electron chi connectivity index (χ1n) is 13.1. The van der Waals surface area contributed by atoms with Crippen LogP contribution in [0.15, 0.2) is 117 Å². The molecule has 1 aromatic heterocycles. The van der Waals surface area contributed by atoms with E-state index in [1.807, 2.05) is 0 Å². The second-order valence-corrected chi connectivity index (χ2v) is 9.93. The highest BCUT2D eigenvalue weighted by Gasteiger charge is 2.46. The highest BCUT2D eigenvalue weighted by atomic mass is 19.1. The van der Waals surface area contributed by atoms with Gasteiger partial charge in [0.2, 0.25) is 6.17 Å². The molecule has 7 rings (SSSR count). The van der Waals surface area contributed by atoms with E-state index in [1.54, 1.807) is 78.9 Å². The number of carbonyl (C=O) groups is 3. The van der Waals surface area contributed by atoms with Gasteiger partial charge in [0.1, 0.15) is 11.4 Å². The predicted octanol–water partition coefficient (Wildman–Crippen LogP) is 4.94. The molecule has 0 fully saturated rings. The van der Waals surface area contributed by atoms with Crippen LogP contribution >= 0.6 is 0 Å². The molecule has 9 heteroatoms. The molecule has 4 aromatic carbocycles. The number of amides is 3. The lowest BCUT2D eigenvalue weighted by atomic mass is 9.99. The predicted molar refractivity (Wildman–Crippen MR) is 153 cm³/mol. The van der Waals surface area contributed by atoms with E-state index < -0.39 is 35.3 Å². The summed E-state index contributed by atoms with van der Waals surface area (Å²) in [4.78, 5) is 60.1. The van der Waals surface area contributed by atoms with Crippen LogP contribution in [0.2, 0.25) is 0 Å². The van der Waals surface area contributed by atoms with E-state index in [4.69, 9.17) is 4.42 Å². The summed E-state index contributed by atoms with van der Waals surface area (Å²) in [6.07, 6.45) is -1.60. The number of benzodiazepines with no additional fused rings is 1. The molecule has 8 nitrogen and oxygen atoms in total. The Morgan fingerprint density at radius 1 is 0.714 bits per heavy atom. The molecule has 0 bridgehead atoms. The van der Waals surface area contributed by atoms with Gasteiger partial charge < -0.3 is 9.32 Å². The van der Waals surface area contributed by atoms with Crippen LogP contribution in [0, 0.1) is 5.82 Å². The molecule has 3 heterocycles. The summed E-state index contributed by atoms with van der Waals surface area (Å²) in [5, 5.41) is 0.655. The summed E-state index contributed by atoms with van der Waals surface area (Å²) >= 11 is 0. The Bertz CT molecular complexity index is 2010. The van der Waals surface area contributed by atoms with Crippen molar-refractivity contribution in [3.05, 3.63) is 147 Å². The van der Waals surface area contributed by atoms with Crippen molar-refractivity contribution < 1.29 is 23.2 Å². The molecule has 2 aliphatic heterocycles. The fourth-order valence-corrected chi connectivity index (χ4v) is 5.45. The molecule has 3 amide bonds. The third kappa shape index (κ3) is 4.02. The molecule has 42 heavy (non-hydrogen) atoms. The standard InChI is InChI=1S/C33H20FN3O5/c34-25-11-5-3-9-23(25)29-24-10-4-6-12-26(24)36(18-19-13-15-27-20(17-19)14-16-28(38)42-27)33(41)30(35-29)37-31(39)21-7-1-2-8-22(21)32(37)40/h1-17,30H,18H2. The minimum absolute atomic E-state index is 0.0324. The largest absolute Gasteiger partial charge is 0.423 e. The van der Waals surface area contributed by atoms with E-state index in [2.05, 4.69) is 4.99 Å². The monoisotopic (exact) mass is 557 g/mol. The minimum atomic E-state index is -1.60. The van der Waals surface area contributed by atoms with Crippen molar-refractivity contribution in [2.45, 2.75) is 12.7 Å². The quantitative estimate of drug-likeness (QED) is 0.230. The van der Waals surface area contributed by atoms with Crippen LogP contribution < -0.4 is 10.5 Å². The lowest BCUT2D eigenvalue weighted by Crippen LogP contribution is -2.49. The minimum Gasteiger partial charge on any atom is -0.423 e. The maximum atomic E-state index is 15.2. The molecule has 204 valence electrons. The number of hydrogen-bond acceptors (Lipinski definition) is 6. The number of anilines is 1. The highest BCUT2D eigenvalue weighted by Crippen LogP contribution is 2.34. The van der Waals surface area contributed by atoms with Crippen LogP contribution in [0.25, 0.3) is 11.0 Å². The van der Waals surface area contributed by atoms with E-state index in [9.17, 15) is 19.2 Å². The zero-order chi connectivity index (χ0) is 29.0. The first-order chi connectivity index (χ1) is 20.4. The molecule has 0 radical (unpaired) electrons. The lowest BCUT2D eigenvalue weighted by Gasteiger charge is -2.28. The van der Waals surface area contributed by atoms with Gasteiger partial charge in [-0.2, -0.15) is 0 Å². The van der Waals surface area contributed by atoms with Gasteiger partial charge in [-0.25, -0.2) is 19.1 Å². The van der Waals surface area contributed by atoms with Crippen LogP contribution in [0.5, 0.6) is 0 Å². The van der Waals surface area contributed by atoms with Crippen molar-refractivity contribution in [1.29, 1.82) is 0 Å². The van der Waals surface area contributed by atoms with Crippen molar-refractivity contribution in [2.75, 3.05) is 4.90 Å². The SMILES string of the molecule is O=C1C(N2C(=O)c3ccccc3C2=O)N=C(c2ccccc2F)c2ccccc2N1Cc1ccc2oc(=O)ccc2c1. The number of aliphatic imine (C=N–C) groups is 1. The summed E-state index contributed by atoms with van der Waals surface area (Å²) in [7, 11) is 0. The van der Waals surface area contributed by atoms with Crippen molar-refractivity contribution in [3.63, 3.8) is 0 Å². The molecular formula is C33H20FN3O5. The molecule has 1 atom stereocenters. The average molecular weight is 558 g/mol. The van der Waals surface area contributed by atoms with E-state index in [0.29, 0.717) is 27.8 Å². The van der Waals surface area contributed by atoms with Gasteiger partial charge in [0, 0.05) is 22.6 Å². The van der Waals surface area contributed by atoms with Crippen molar-refractivity contribution in [2.24, 2.45) is 4.99 Å². The Morgan fingerprint density at radius 3 is 2.07 bits per heavy atom. The lowest BCUT2D eigenvalue weighted by molar-refractivity contribution is -0.122. The van der Waals surface area contributed by atoms with Gasteiger partial charge in [0.05, 0.1) is 29.1 Å². The van der Waals surface area contributed by atoms with Crippen LogP contribution in [-0.2, 0) is 11.3 Å². The number of para-hydroxylation sites is 1. The fourth-order valence-electron chi connectivity index (χ4n) is 5.45. The second kappa shape index (κ2) is 9.74. The van der Waals surface area contributed by atoms with Gasteiger partial charge in [0.25, 0.3) is 17.7 Å².